The Morgan fingerprint density at radius 3 is 2.58 bits per heavy atom. The Bertz CT molecular complexity index is 316. The molecular formula is C12H20F3N3O. The number of nitrogens with one attached hydrogen (secondary N) is 2. The highest BCUT2D eigenvalue weighted by Gasteiger charge is 2.36. The van der Waals surface area contributed by atoms with Crippen LogP contribution in [-0.2, 0) is 0 Å². The largest absolute Gasteiger partial charge is 0.405 e. The Kier molecular flexibility index (Phi) is 4.54. The van der Waals surface area contributed by atoms with E-state index in [9.17, 15) is 18.0 Å². The van der Waals surface area contributed by atoms with Gasteiger partial charge in [-0.1, -0.05) is 0 Å². The van der Waals surface area contributed by atoms with Gasteiger partial charge in [0.2, 0.25) is 0 Å². The van der Waals surface area contributed by atoms with E-state index in [1.54, 1.807) is 4.90 Å². The Hall–Kier alpha value is -0.980. The summed E-state index contributed by atoms with van der Waals surface area (Å²) in [5.41, 5.74) is 0. The number of amides is 2. The van der Waals surface area contributed by atoms with Crippen molar-refractivity contribution in [2.75, 3.05) is 26.2 Å². The fourth-order valence-corrected chi connectivity index (χ4v) is 3.04. The summed E-state index contributed by atoms with van der Waals surface area (Å²) in [5, 5.41) is 5.24. The molecule has 2 heterocycles. The Labute approximate surface area is 110 Å². The van der Waals surface area contributed by atoms with Crippen LogP contribution in [0.5, 0.6) is 0 Å². The standard InChI is InChI=1S/C12H20F3N3O/c13-12(14,15)8-17-11(19)18-7-1-2-10(18)9-3-5-16-6-4-9/h9-10,16H,1-8H2,(H,17,19). The van der Waals surface area contributed by atoms with E-state index >= 15 is 0 Å². The van der Waals surface area contributed by atoms with Crippen molar-refractivity contribution >= 4 is 6.03 Å². The average Bonchev–Trinajstić information content (AvgIpc) is 2.85. The molecule has 0 aromatic heterocycles. The van der Waals surface area contributed by atoms with Crippen LogP contribution in [0.1, 0.15) is 25.7 Å². The third-order valence-corrected chi connectivity index (χ3v) is 3.93. The molecule has 0 aliphatic carbocycles. The summed E-state index contributed by atoms with van der Waals surface area (Å²) < 4.78 is 36.3. The first kappa shape index (κ1) is 14.4. The molecule has 2 aliphatic rings. The fraction of sp³-hybridized carbons (Fsp3) is 0.917. The van der Waals surface area contributed by atoms with Crippen molar-refractivity contribution < 1.29 is 18.0 Å². The van der Waals surface area contributed by atoms with Crippen molar-refractivity contribution in [1.29, 1.82) is 0 Å². The molecular weight excluding hydrogens is 259 g/mol. The summed E-state index contributed by atoms with van der Waals surface area (Å²) in [7, 11) is 0. The summed E-state index contributed by atoms with van der Waals surface area (Å²) in [4.78, 5) is 13.4. The molecule has 2 fully saturated rings. The number of nitrogens with zero attached hydrogens (tertiary/aromatic N) is 1. The van der Waals surface area contributed by atoms with Gasteiger partial charge in [0, 0.05) is 12.6 Å². The van der Waals surface area contributed by atoms with Gasteiger partial charge in [-0.2, -0.15) is 13.2 Å². The van der Waals surface area contributed by atoms with Crippen LogP contribution in [0, 0.1) is 5.92 Å². The van der Waals surface area contributed by atoms with E-state index in [0.29, 0.717) is 12.5 Å². The monoisotopic (exact) mass is 279 g/mol. The number of rotatable bonds is 2. The van der Waals surface area contributed by atoms with E-state index in [1.807, 2.05) is 5.32 Å². The number of urea groups is 1. The van der Waals surface area contributed by atoms with Crippen LogP contribution in [-0.4, -0.2) is 49.3 Å². The minimum atomic E-state index is -4.35. The number of piperidine rings is 1. The highest BCUT2D eigenvalue weighted by molar-refractivity contribution is 5.74. The van der Waals surface area contributed by atoms with Gasteiger partial charge in [-0.25, -0.2) is 4.79 Å². The van der Waals surface area contributed by atoms with Gasteiger partial charge in [0.25, 0.3) is 0 Å². The third kappa shape index (κ3) is 3.99. The van der Waals surface area contributed by atoms with Gasteiger partial charge in [-0.15, -0.1) is 0 Å². The number of likely N-dealkylation sites (tertiary alicyclic amines) is 1. The molecule has 4 nitrogen and oxygen atoms in total. The lowest BCUT2D eigenvalue weighted by Gasteiger charge is -2.34. The van der Waals surface area contributed by atoms with Crippen LogP contribution in [0.4, 0.5) is 18.0 Å². The molecule has 2 aliphatic heterocycles. The molecule has 0 radical (unpaired) electrons. The highest BCUT2D eigenvalue weighted by atomic mass is 19.4. The lowest BCUT2D eigenvalue weighted by Crippen LogP contribution is -2.49. The maximum atomic E-state index is 12.1. The molecule has 0 saturated carbocycles. The maximum Gasteiger partial charge on any atom is 0.405 e. The predicted octanol–water partition coefficient (Wildman–Crippen LogP) is 1.72. The van der Waals surface area contributed by atoms with E-state index in [2.05, 4.69) is 5.32 Å². The normalized spacial score (nSPS) is 25.6. The number of hydrogen-bond donors (Lipinski definition) is 2. The molecule has 0 aromatic rings. The molecule has 1 atom stereocenters. The Balaban J connectivity index is 1.88. The smallest absolute Gasteiger partial charge is 0.329 e. The average molecular weight is 279 g/mol. The number of carbonyl (C=O) groups is 1. The number of halogens is 3. The van der Waals surface area contributed by atoms with Crippen LogP contribution in [0.2, 0.25) is 0 Å². The summed E-state index contributed by atoms with van der Waals surface area (Å²) in [5.74, 6) is 0.417. The maximum absolute atomic E-state index is 12.1. The number of hydrogen-bond acceptors (Lipinski definition) is 2. The summed E-state index contributed by atoms with van der Waals surface area (Å²) in [6.45, 7) is 1.18. The van der Waals surface area contributed by atoms with Gasteiger partial charge in [0.1, 0.15) is 6.54 Å². The van der Waals surface area contributed by atoms with Gasteiger partial charge in [0.05, 0.1) is 0 Å². The Morgan fingerprint density at radius 2 is 1.95 bits per heavy atom. The van der Waals surface area contributed by atoms with Crippen LogP contribution in [0.15, 0.2) is 0 Å². The van der Waals surface area contributed by atoms with Crippen LogP contribution >= 0.6 is 0 Å². The van der Waals surface area contributed by atoms with Gasteiger partial charge in [-0.3, -0.25) is 0 Å². The van der Waals surface area contributed by atoms with E-state index in [4.69, 9.17) is 0 Å². The van der Waals surface area contributed by atoms with Crippen molar-refractivity contribution in [2.45, 2.75) is 37.9 Å². The summed E-state index contributed by atoms with van der Waals surface area (Å²) in [6.07, 6.45) is -0.570. The van der Waals surface area contributed by atoms with Crippen molar-refractivity contribution in [1.82, 2.24) is 15.5 Å². The first-order valence-electron chi connectivity index (χ1n) is 6.79. The molecule has 110 valence electrons. The van der Waals surface area contributed by atoms with Gasteiger partial charge >= 0.3 is 12.2 Å². The molecule has 2 rings (SSSR count). The molecule has 0 spiro atoms. The fourth-order valence-electron chi connectivity index (χ4n) is 3.04. The Morgan fingerprint density at radius 1 is 1.26 bits per heavy atom. The summed E-state index contributed by atoms with van der Waals surface area (Å²) >= 11 is 0. The molecule has 2 N–H and O–H groups in total. The molecule has 7 heteroatoms. The van der Waals surface area contributed by atoms with Gasteiger partial charge in [-0.05, 0) is 44.7 Å². The first-order chi connectivity index (χ1) is 8.97. The van der Waals surface area contributed by atoms with E-state index < -0.39 is 18.8 Å². The van der Waals surface area contributed by atoms with E-state index in [0.717, 1.165) is 38.8 Å². The zero-order valence-corrected chi connectivity index (χ0v) is 10.8. The molecule has 1 unspecified atom stereocenters. The lowest BCUT2D eigenvalue weighted by molar-refractivity contribution is -0.123. The lowest BCUT2D eigenvalue weighted by atomic mass is 9.89. The minimum Gasteiger partial charge on any atom is -0.329 e. The van der Waals surface area contributed by atoms with Crippen molar-refractivity contribution in [3.63, 3.8) is 0 Å². The minimum absolute atomic E-state index is 0.107. The van der Waals surface area contributed by atoms with E-state index in [1.165, 1.54) is 0 Å². The summed E-state index contributed by atoms with van der Waals surface area (Å²) in [6, 6.07) is -0.464. The topological polar surface area (TPSA) is 44.4 Å². The molecule has 0 aromatic carbocycles. The van der Waals surface area contributed by atoms with Gasteiger partial charge in [0.15, 0.2) is 0 Å². The highest BCUT2D eigenvalue weighted by Crippen LogP contribution is 2.29. The third-order valence-electron chi connectivity index (χ3n) is 3.93. The zero-order chi connectivity index (χ0) is 13.9. The van der Waals surface area contributed by atoms with Crippen LogP contribution in [0.25, 0.3) is 0 Å². The van der Waals surface area contributed by atoms with Crippen LogP contribution < -0.4 is 10.6 Å². The predicted molar refractivity (Wildman–Crippen MR) is 64.8 cm³/mol. The second-order valence-corrected chi connectivity index (χ2v) is 5.26. The first-order valence-corrected chi connectivity index (χ1v) is 6.79. The molecule has 0 bridgehead atoms. The second-order valence-electron chi connectivity index (χ2n) is 5.26. The van der Waals surface area contributed by atoms with E-state index in [-0.39, 0.29) is 6.04 Å². The van der Waals surface area contributed by atoms with Crippen molar-refractivity contribution in [3.8, 4) is 0 Å². The zero-order valence-electron chi connectivity index (χ0n) is 10.8. The molecule has 2 saturated heterocycles. The SMILES string of the molecule is O=C(NCC(F)(F)F)N1CCCC1C1CCNCC1. The van der Waals surface area contributed by atoms with Crippen LogP contribution in [0.3, 0.4) is 0 Å². The number of alkyl halides is 3. The molecule has 2 amide bonds. The number of carbonyl (C=O) groups excluding carboxylic acids is 1. The van der Waals surface area contributed by atoms with Crippen molar-refractivity contribution in [2.24, 2.45) is 5.92 Å². The second kappa shape index (κ2) is 5.98. The molecule has 19 heavy (non-hydrogen) atoms. The van der Waals surface area contributed by atoms with Gasteiger partial charge < -0.3 is 15.5 Å². The quantitative estimate of drug-likeness (QED) is 0.808. The van der Waals surface area contributed by atoms with Crippen molar-refractivity contribution in [3.05, 3.63) is 0 Å².